The number of β-amino-alcohol motifs (C(OH)–C–C–N with tert-alkyl or cyclic N) is 1. The number of thiazole rings is 1. The van der Waals surface area contributed by atoms with E-state index in [1.807, 2.05) is 25.1 Å². The normalized spacial score (nSPS) is 15.7. The van der Waals surface area contributed by atoms with Crippen LogP contribution in [0, 0.1) is 6.92 Å². The number of benzene rings is 2. The van der Waals surface area contributed by atoms with Crippen molar-refractivity contribution in [3.05, 3.63) is 53.0 Å². The molecule has 0 bridgehead atoms. The van der Waals surface area contributed by atoms with Gasteiger partial charge in [0.2, 0.25) is 5.91 Å². The summed E-state index contributed by atoms with van der Waals surface area (Å²) in [5.41, 5.74) is 2.02. The molecule has 186 valence electrons. The molecule has 10 heteroatoms. The molecule has 1 unspecified atom stereocenters. The van der Waals surface area contributed by atoms with Crippen LogP contribution in [0.3, 0.4) is 0 Å². The van der Waals surface area contributed by atoms with Crippen molar-refractivity contribution in [2.24, 2.45) is 0 Å². The molecule has 1 aromatic heterocycles. The number of carboxylic acids is 1. The van der Waals surface area contributed by atoms with Gasteiger partial charge < -0.3 is 20.3 Å². The number of hydrogen-bond acceptors (Lipinski definition) is 8. The van der Waals surface area contributed by atoms with E-state index in [1.165, 1.54) is 0 Å². The second-order valence-corrected chi connectivity index (χ2v) is 9.91. The minimum Gasteiger partial charge on any atom is -0.491 e. The number of para-hydroxylation sites is 1. The number of rotatable bonds is 10. The van der Waals surface area contributed by atoms with E-state index in [9.17, 15) is 14.7 Å². The van der Waals surface area contributed by atoms with Crippen molar-refractivity contribution in [1.82, 2.24) is 14.8 Å². The number of hydrogen-bond donors (Lipinski definition) is 3. The summed E-state index contributed by atoms with van der Waals surface area (Å²) in [7, 11) is 0. The lowest BCUT2D eigenvalue weighted by Crippen LogP contribution is -2.50. The highest BCUT2D eigenvalue weighted by Crippen LogP contribution is 2.25. The first-order valence-corrected chi connectivity index (χ1v) is 12.4. The number of ether oxygens (including phenoxy) is 1. The Morgan fingerprint density at radius 1 is 1.14 bits per heavy atom. The van der Waals surface area contributed by atoms with E-state index in [2.05, 4.69) is 20.1 Å². The summed E-state index contributed by atoms with van der Waals surface area (Å²) in [5.74, 6) is -0.411. The van der Waals surface area contributed by atoms with E-state index in [-0.39, 0.29) is 25.5 Å². The number of aliphatic hydroxyl groups is 1. The van der Waals surface area contributed by atoms with Gasteiger partial charge in [-0.1, -0.05) is 18.2 Å². The Bertz CT molecular complexity index is 1180. The number of piperazine rings is 1. The van der Waals surface area contributed by atoms with Crippen LogP contribution < -0.4 is 10.1 Å². The van der Waals surface area contributed by atoms with Crippen molar-refractivity contribution >= 4 is 39.1 Å². The van der Waals surface area contributed by atoms with E-state index >= 15 is 0 Å². The summed E-state index contributed by atoms with van der Waals surface area (Å²) >= 11 is 1.64. The lowest BCUT2D eigenvalue weighted by molar-refractivity contribution is -0.136. The second kappa shape index (κ2) is 11.6. The first-order chi connectivity index (χ1) is 16.9. The molecule has 1 fully saturated rings. The van der Waals surface area contributed by atoms with Crippen LogP contribution in [0.2, 0.25) is 0 Å². The molecule has 35 heavy (non-hydrogen) atoms. The number of aryl methyl sites for hydroxylation is 1. The van der Waals surface area contributed by atoms with Crippen molar-refractivity contribution in [2.75, 3.05) is 51.2 Å². The zero-order valence-corrected chi connectivity index (χ0v) is 20.5. The van der Waals surface area contributed by atoms with Crippen molar-refractivity contribution in [2.45, 2.75) is 19.4 Å². The number of aliphatic hydroxyl groups excluding tert-OH is 1. The summed E-state index contributed by atoms with van der Waals surface area (Å²) in [6.07, 6.45) is -0.760. The van der Waals surface area contributed by atoms with Crippen LogP contribution >= 0.6 is 11.3 Å². The molecule has 3 N–H and O–H groups in total. The van der Waals surface area contributed by atoms with Crippen LogP contribution in [-0.2, 0) is 16.0 Å². The van der Waals surface area contributed by atoms with Gasteiger partial charge in [-0.25, -0.2) is 4.98 Å². The minimum absolute atomic E-state index is 0.139. The summed E-state index contributed by atoms with van der Waals surface area (Å²) in [6, 6.07) is 12.7. The van der Waals surface area contributed by atoms with Gasteiger partial charge in [-0.05, 0) is 30.7 Å². The Morgan fingerprint density at radius 2 is 1.89 bits per heavy atom. The number of nitrogens with one attached hydrogen (secondary N) is 1. The first kappa shape index (κ1) is 25.1. The zero-order valence-electron chi connectivity index (χ0n) is 19.6. The van der Waals surface area contributed by atoms with Gasteiger partial charge in [-0.2, -0.15) is 0 Å². The molecular weight excluding hydrogens is 468 g/mol. The van der Waals surface area contributed by atoms with Crippen LogP contribution in [-0.4, -0.2) is 88.9 Å². The standard InChI is InChI=1S/C25H30N4O5S/c1-17-26-22-13-20(6-7-23(22)35-17)34-16-19(30)14-28-8-10-29(11-9-28)15-24(31)27-21-5-3-2-4-18(21)12-25(32)33/h2-7,13,19,30H,8-12,14-16H2,1H3,(H,27,31)(H,32,33). The van der Waals surface area contributed by atoms with Crippen molar-refractivity contribution in [1.29, 1.82) is 0 Å². The molecule has 4 rings (SSSR count). The zero-order chi connectivity index (χ0) is 24.8. The Morgan fingerprint density at radius 3 is 2.66 bits per heavy atom. The highest BCUT2D eigenvalue weighted by atomic mass is 32.1. The molecule has 0 saturated carbocycles. The lowest BCUT2D eigenvalue weighted by Gasteiger charge is -2.35. The molecule has 0 aliphatic carbocycles. The number of anilines is 1. The molecule has 2 aromatic carbocycles. The Balaban J connectivity index is 1.18. The topological polar surface area (TPSA) is 115 Å². The van der Waals surface area contributed by atoms with Gasteiger partial charge in [0.15, 0.2) is 0 Å². The minimum atomic E-state index is -0.939. The first-order valence-electron chi connectivity index (χ1n) is 11.6. The fraction of sp³-hybridized carbons (Fsp3) is 0.400. The van der Waals surface area contributed by atoms with Crippen LogP contribution in [0.15, 0.2) is 42.5 Å². The molecule has 3 aromatic rings. The Kier molecular flexibility index (Phi) is 8.29. The van der Waals surface area contributed by atoms with Gasteiger partial charge in [-0.3, -0.25) is 19.4 Å². The predicted molar refractivity (Wildman–Crippen MR) is 135 cm³/mol. The maximum Gasteiger partial charge on any atom is 0.307 e. The molecule has 2 heterocycles. The highest BCUT2D eigenvalue weighted by Gasteiger charge is 2.21. The van der Waals surface area contributed by atoms with Gasteiger partial charge in [0, 0.05) is 44.5 Å². The maximum atomic E-state index is 12.5. The fourth-order valence-electron chi connectivity index (χ4n) is 4.14. The van der Waals surface area contributed by atoms with Crippen LogP contribution in [0.1, 0.15) is 10.6 Å². The van der Waals surface area contributed by atoms with Crippen molar-refractivity contribution in [3.8, 4) is 5.75 Å². The summed E-state index contributed by atoms with van der Waals surface area (Å²) in [4.78, 5) is 32.2. The molecule has 1 aliphatic rings. The lowest BCUT2D eigenvalue weighted by atomic mass is 10.1. The van der Waals surface area contributed by atoms with Crippen LogP contribution in [0.4, 0.5) is 5.69 Å². The smallest absolute Gasteiger partial charge is 0.307 e. The average molecular weight is 499 g/mol. The van der Waals surface area contributed by atoms with Crippen molar-refractivity contribution in [3.63, 3.8) is 0 Å². The molecule has 0 spiro atoms. The third kappa shape index (κ3) is 7.22. The number of carboxylic acid groups (broad SMARTS) is 1. The molecule has 9 nitrogen and oxygen atoms in total. The number of carbonyl (C=O) groups is 2. The average Bonchev–Trinajstić information content (AvgIpc) is 3.19. The maximum absolute atomic E-state index is 12.5. The number of fused-ring (bicyclic) bond motifs is 1. The van der Waals surface area contributed by atoms with Gasteiger partial charge in [-0.15, -0.1) is 11.3 Å². The van der Waals surface area contributed by atoms with Gasteiger partial charge >= 0.3 is 5.97 Å². The molecule has 1 aliphatic heterocycles. The largest absolute Gasteiger partial charge is 0.491 e. The van der Waals surface area contributed by atoms with E-state index in [4.69, 9.17) is 9.84 Å². The highest BCUT2D eigenvalue weighted by molar-refractivity contribution is 7.18. The predicted octanol–water partition coefficient (Wildman–Crippen LogP) is 2.23. The van der Waals surface area contributed by atoms with Crippen LogP contribution in [0.25, 0.3) is 10.2 Å². The molecule has 1 amide bonds. The van der Waals surface area contributed by atoms with E-state index in [0.717, 1.165) is 28.3 Å². The molecule has 0 radical (unpaired) electrons. The Hall–Kier alpha value is -3.05. The quantitative estimate of drug-likeness (QED) is 0.390. The van der Waals surface area contributed by atoms with Gasteiger partial charge in [0.05, 0.1) is 28.2 Å². The summed E-state index contributed by atoms with van der Waals surface area (Å²) in [6.45, 7) is 5.80. The number of aromatic nitrogens is 1. The van der Waals surface area contributed by atoms with Crippen LogP contribution in [0.5, 0.6) is 5.75 Å². The number of aliphatic carboxylic acids is 1. The molecule has 1 atom stereocenters. The van der Waals surface area contributed by atoms with E-state index in [0.29, 0.717) is 36.6 Å². The van der Waals surface area contributed by atoms with E-state index in [1.54, 1.807) is 35.6 Å². The van der Waals surface area contributed by atoms with Gasteiger partial charge in [0.1, 0.15) is 18.5 Å². The fourth-order valence-corrected chi connectivity index (χ4v) is 4.94. The monoisotopic (exact) mass is 498 g/mol. The summed E-state index contributed by atoms with van der Waals surface area (Å²) < 4.78 is 6.90. The second-order valence-electron chi connectivity index (χ2n) is 8.68. The SMILES string of the molecule is Cc1nc2cc(OCC(O)CN3CCN(CC(=O)Nc4ccccc4CC(=O)O)CC3)ccc2s1. The van der Waals surface area contributed by atoms with Gasteiger partial charge in [0.25, 0.3) is 0 Å². The molecular formula is C25H30N4O5S. The van der Waals surface area contributed by atoms with Crippen molar-refractivity contribution < 1.29 is 24.5 Å². The number of carbonyl (C=O) groups excluding carboxylic acids is 1. The third-order valence-corrected chi connectivity index (χ3v) is 6.79. The number of amides is 1. The third-order valence-electron chi connectivity index (χ3n) is 5.84. The molecule has 1 saturated heterocycles. The summed E-state index contributed by atoms with van der Waals surface area (Å²) in [5, 5.41) is 23.3. The Labute approximate surface area is 207 Å². The number of nitrogens with zero attached hydrogens (tertiary/aromatic N) is 3. The van der Waals surface area contributed by atoms with E-state index < -0.39 is 12.1 Å².